The van der Waals surface area contributed by atoms with Gasteiger partial charge in [0.05, 0.1) is 24.9 Å². The molecule has 0 atom stereocenters. The van der Waals surface area contributed by atoms with Crippen molar-refractivity contribution in [2.75, 3.05) is 6.54 Å². The first kappa shape index (κ1) is 23.1. The van der Waals surface area contributed by atoms with Gasteiger partial charge in [-0.1, -0.05) is 21.3 Å². The third-order valence-corrected chi connectivity index (χ3v) is 8.52. The van der Waals surface area contributed by atoms with E-state index in [1.54, 1.807) is 12.1 Å². The molecule has 0 bridgehead atoms. The zero-order valence-corrected chi connectivity index (χ0v) is 20.1. The maximum absolute atomic E-state index is 11.4. The Morgan fingerprint density at radius 1 is 0.969 bits per heavy atom. The number of nitrogens with zero attached hydrogens (tertiary/aromatic N) is 4. The van der Waals surface area contributed by atoms with E-state index in [0.29, 0.717) is 32.7 Å². The lowest BCUT2D eigenvalue weighted by atomic mass is 10.3. The standard InChI is InChI=1S/C18H18N4O6S4/c1-3-21-13-7-5-11(31(23,24)25)9-15(13)29-17(21)19-20-18-22(4-2)14-8-6-12(32(26,27)28)10-16(14)30-18/h5-10H,3-4H2,1-2H3,(H,23,24,25)(H,26,27,28)/q+1/b19-17+,20-18+. The molecule has 0 saturated heterocycles. The first-order valence-corrected chi connectivity index (χ1v) is 13.8. The van der Waals surface area contributed by atoms with Crippen LogP contribution in [-0.4, -0.2) is 42.2 Å². The van der Waals surface area contributed by atoms with E-state index in [4.69, 9.17) is 0 Å². The minimum absolute atomic E-state index is 0.194. The van der Waals surface area contributed by atoms with Crippen LogP contribution < -0.4 is 9.70 Å². The topological polar surface area (TPSA) is 144 Å². The molecule has 2 heterocycles. The molecule has 14 heteroatoms. The maximum Gasteiger partial charge on any atom is 0.342 e. The van der Waals surface area contributed by atoms with E-state index in [9.17, 15) is 25.9 Å². The maximum atomic E-state index is 11.4. The third-order valence-electron chi connectivity index (χ3n) is 4.76. The van der Waals surface area contributed by atoms with Crippen molar-refractivity contribution in [2.24, 2.45) is 10.2 Å². The zero-order valence-electron chi connectivity index (χ0n) is 16.8. The molecule has 0 aliphatic carbocycles. The number of benzene rings is 2. The number of thiazole rings is 1. The molecule has 1 aliphatic heterocycles. The van der Waals surface area contributed by atoms with E-state index >= 15 is 0 Å². The lowest BCUT2D eigenvalue weighted by molar-refractivity contribution is 0.481. The molecule has 1 aliphatic rings. The molecular formula is C18H18N4O6S4+. The second kappa shape index (κ2) is 8.37. The van der Waals surface area contributed by atoms with Gasteiger partial charge in [-0.3, -0.25) is 9.11 Å². The van der Waals surface area contributed by atoms with Crippen LogP contribution in [0.25, 0.3) is 10.2 Å². The zero-order chi connectivity index (χ0) is 23.3. The number of fused-ring (bicyclic) bond motifs is 2. The van der Waals surface area contributed by atoms with Gasteiger partial charge >= 0.3 is 5.17 Å². The van der Waals surface area contributed by atoms with Gasteiger partial charge in [-0.2, -0.15) is 16.8 Å². The van der Waals surface area contributed by atoms with Crippen LogP contribution in [0.3, 0.4) is 0 Å². The van der Waals surface area contributed by atoms with Crippen LogP contribution in [-0.2, 0) is 26.8 Å². The quantitative estimate of drug-likeness (QED) is 0.302. The summed E-state index contributed by atoms with van der Waals surface area (Å²) in [5.41, 5.74) is 1.52. The smallest absolute Gasteiger partial charge is 0.315 e. The summed E-state index contributed by atoms with van der Waals surface area (Å²) in [6.07, 6.45) is 0. The highest BCUT2D eigenvalue weighted by atomic mass is 32.2. The molecule has 0 saturated carbocycles. The van der Waals surface area contributed by atoms with Gasteiger partial charge in [0.15, 0.2) is 0 Å². The van der Waals surface area contributed by atoms with E-state index < -0.39 is 20.2 Å². The average Bonchev–Trinajstić information content (AvgIpc) is 3.26. The number of aryl methyl sites for hydroxylation is 1. The summed E-state index contributed by atoms with van der Waals surface area (Å²) in [6.45, 7) is 4.98. The molecule has 32 heavy (non-hydrogen) atoms. The molecule has 2 aromatic carbocycles. The summed E-state index contributed by atoms with van der Waals surface area (Å²) in [5.74, 6) is 0. The first-order valence-electron chi connectivity index (χ1n) is 9.32. The molecule has 1 radical (unpaired) electrons. The van der Waals surface area contributed by atoms with E-state index in [1.807, 2.05) is 23.3 Å². The van der Waals surface area contributed by atoms with Gasteiger partial charge in [-0.15, -0.1) is 5.10 Å². The van der Waals surface area contributed by atoms with Crippen molar-refractivity contribution in [1.29, 1.82) is 0 Å². The number of rotatable bonds is 5. The van der Waals surface area contributed by atoms with E-state index in [-0.39, 0.29) is 9.79 Å². The third kappa shape index (κ3) is 4.26. The van der Waals surface area contributed by atoms with Crippen LogP contribution in [0.2, 0.25) is 0 Å². The minimum atomic E-state index is -4.32. The van der Waals surface area contributed by atoms with Gasteiger partial charge in [0.1, 0.15) is 6.54 Å². The van der Waals surface area contributed by atoms with Crippen molar-refractivity contribution in [1.82, 2.24) is 9.47 Å². The molecule has 0 fully saturated rings. The van der Waals surface area contributed by atoms with Crippen molar-refractivity contribution in [3.8, 4) is 0 Å². The number of hydrogen-bond donors (Lipinski definition) is 2. The predicted molar refractivity (Wildman–Crippen MR) is 123 cm³/mol. The van der Waals surface area contributed by atoms with Gasteiger partial charge in [0.25, 0.3) is 20.2 Å². The Hall–Kier alpha value is -2.07. The van der Waals surface area contributed by atoms with Gasteiger partial charge in [-0.25, -0.2) is 0 Å². The SMILES string of the molecule is CCn1/c(=N\N=C2\Sc3cc(S(=O)(=O)O)ccc3[N+]2CC)sc2cc(S(=O)(=O)O)ccc21. The van der Waals surface area contributed by atoms with Crippen LogP contribution in [0.5, 0.6) is 0 Å². The van der Waals surface area contributed by atoms with Crippen molar-refractivity contribution in [2.45, 2.75) is 35.1 Å². The molecule has 2 N–H and O–H groups in total. The number of thioether (sulfide) groups is 1. The Morgan fingerprint density at radius 3 is 2.25 bits per heavy atom. The van der Waals surface area contributed by atoms with Crippen LogP contribution in [0.4, 0.5) is 5.69 Å². The summed E-state index contributed by atoms with van der Waals surface area (Å²) in [4.78, 5) is 2.65. The highest BCUT2D eigenvalue weighted by Crippen LogP contribution is 2.41. The average molecular weight is 515 g/mol. The second-order valence-corrected chi connectivity index (χ2v) is 11.5. The van der Waals surface area contributed by atoms with Crippen LogP contribution in [0, 0.1) is 0 Å². The minimum Gasteiger partial charge on any atom is -0.315 e. The Bertz CT molecular complexity index is 1540. The van der Waals surface area contributed by atoms with Crippen LogP contribution >= 0.6 is 23.1 Å². The monoisotopic (exact) mass is 514 g/mol. The molecule has 1 aromatic heterocycles. The fourth-order valence-corrected chi connectivity index (χ4v) is 6.61. The highest BCUT2D eigenvalue weighted by Gasteiger charge is 2.38. The summed E-state index contributed by atoms with van der Waals surface area (Å²) >= 11 is 2.47. The van der Waals surface area contributed by atoms with E-state index in [1.165, 1.54) is 47.4 Å². The number of anilines is 1. The molecule has 0 spiro atoms. The highest BCUT2D eigenvalue weighted by molar-refractivity contribution is 8.14. The largest absolute Gasteiger partial charge is 0.342 e. The molecule has 0 amide bonds. The molecule has 10 nitrogen and oxygen atoms in total. The van der Waals surface area contributed by atoms with E-state index in [0.717, 1.165) is 11.2 Å². The lowest BCUT2D eigenvalue weighted by Crippen LogP contribution is -2.25. The van der Waals surface area contributed by atoms with Crippen molar-refractivity contribution in [3.05, 3.63) is 41.2 Å². The normalized spacial score (nSPS) is 16.9. The summed E-state index contributed by atoms with van der Waals surface area (Å²) < 4.78 is 66.9. The van der Waals surface area contributed by atoms with Gasteiger partial charge in [0, 0.05) is 24.4 Å². The van der Waals surface area contributed by atoms with Gasteiger partial charge < -0.3 is 4.57 Å². The molecular weight excluding hydrogens is 496 g/mol. The lowest BCUT2D eigenvalue weighted by Gasteiger charge is -2.02. The summed E-state index contributed by atoms with van der Waals surface area (Å²) in [6, 6.07) is 8.68. The number of aromatic nitrogens is 1. The predicted octanol–water partition coefficient (Wildman–Crippen LogP) is 2.99. The van der Waals surface area contributed by atoms with Crippen molar-refractivity contribution < 1.29 is 25.9 Å². The molecule has 3 aromatic rings. The Kier molecular flexibility index (Phi) is 6.04. The Morgan fingerprint density at radius 2 is 1.62 bits per heavy atom. The van der Waals surface area contributed by atoms with Crippen molar-refractivity contribution in [3.63, 3.8) is 0 Å². The van der Waals surface area contributed by atoms with Crippen LogP contribution in [0.15, 0.2) is 61.3 Å². The first-order chi connectivity index (χ1) is 15.0. The second-order valence-electron chi connectivity index (χ2n) is 6.67. The summed E-state index contributed by atoms with van der Waals surface area (Å²) in [5, 5.41) is 9.27. The number of hydrogen-bond acceptors (Lipinski definition) is 8. The molecule has 0 unspecified atom stereocenters. The fourth-order valence-electron chi connectivity index (χ4n) is 3.28. The molecule has 4 rings (SSSR count). The van der Waals surface area contributed by atoms with Gasteiger partial charge in [0.2, 0.25) is 10.5 Å². The summed E-state index contributed by atoms with van der Waals surface area (Å²) in [7, 11) is -8.63. The fraction of sp³-hybridized carbons (Fsp3) is 0.222. The van der Waals surface area contributed by atoms with Crippen molar-refractivity contribution >= 4 is 64.4 Å². The van der Waals surface area contributed by atoms with E-state index in [2.05, 4.69) is 10.2 Å². The van der Waals surface area contributed by atoms with Crippen LogP contribution in [0.1, 0.15) is 13.8 Å². The Balaban J connectivity index is 1.79. The number of amidine groups is 1. The molecule has 169 valence electrons. The van der Waals surface area contributed by atoms with Gasteiger partial charge in [-0.05, 0) is 44.2 Å². The Labute approximate surface area is 192 Å².